The monoisotopic (exact) mass is 176 g/mol. The summed E-state index contributed by atoms with van der Waals surface area (Å²) >= 11 is 4.10. The van der Waals surface area contributed by atoms with Crippen molar-refractivity contribution in [1.29, 1.82) is 0 Å². The van der Waals surface area contributed by atoms with Crippen LogP contribution in [-0.4, -0.2) is 25.3 Å². The van der Waals surface area contributed by atoms with Crippen molar-refractivity contribution in [2.24, 2.45) is 0 Å². The van der Waals surface area contributed by atoms with Gasteiger partial charge in [0.2, 0.25) is 0 Å². The van der Waals surface area contributed by atoms with E-state index in [0.29, 0.717) is 0 Å². The van der Waals surface area contributed by atoms with Crippen LogP contribution in [0.5, 0.6) is 0 Å². The van der Waals surface area contributed by atoms with E-state index in [0.717, 1.165) is 31.8 Å². The van der Waals surface area contributed by atoms with Crippen LogP contribution in [0.1, 0.15) is 25.7 Å². The zero-order valence-electron chi connectivity index (χ0n) is 6.79. The van der Waals surface area contributed by atoms with E-state index in [9.17, 15) is 0 Å². The molecule has 2 nitrogen and oxygen atoms in total. The van der Waals surface area contributed by atoms with Crippen LogP contribution >= 0.6 is 12.6 Å². The topological polar surface area (TPSA) is 18.5 Å². The first-order valence-electron chi connectivity index (χ1n) is 4.27. The zero-order chi connectivity index (χ0) is 7.94. The van der Waals surface area contributed by atoms with E-state index in [2.05, 4.69) is 12.6 Å². The molecule has 1 heterocycles. The molecule has 0 spiro atoms. The Morgan fingerprint density at radius 1 is 1.45 bits per heavy atom. The Morgan fingerprint density at radius 2 is 2.36 bits per heavy atom. The minimum atomic E-state index is 0.0728. The van der Waals surface area contributed by atoms with E-state index in [-0.39, 0.29) is 6.29 Å². The fourth-order valence-electron chi connectivity index (χ4n) is 1.12. The summed E-state index contributed by atoms with van der Waals surface area (Å²) in [6.07, 6.45) is 4.58. The first-order valence-corrected chi connectivity index (χ1v) is 4.91. The van der Waals surface area contributed by atoms with Crippen LogP contribution in [0.4, 0.5) is 0 Å². The zero-order valence-corrected chi connectivity index (χ0v) is 7.69. The van der Waals surface area contributed by atoms with Gasteiger partial charge in [-0.2, -0.15) is 12.6 Å². The van der Waals surface area contributed by atoms with Gasteiger partial charge in [0.1, 0.15) is 0 Å². The molecule has 0 bridgehead atoms. The van der Waals surface area contributed by atoms with Gasteiger partial charge in [0, 0.05) is 6.61 Å². The van der Waals surface area contributed by atoms with Crippen molar-refractivity contribution in [3.8, 4) is 0 Å². The maximum Gasteiger partial charge on any atom is 0.157 e. The first kappa shape index (κ1) is 9.36. The maximum absolute atomic E-state index is 5.45. The molecule has 0 saturated carbocycles. The van der Waals surface area contributed by atoms with Gasteiger partial charge in [-0.05, 0) is 31.4 Å². The van der Waals surface area contributed by atoms with Crippen molar-refractivity contribution in [1.82, 2.24) is 0 Å². The number of thiol groups is 1. The molecule has 1 aliphatic heterocycles. The molecular formula is C8H16O2S. The number of rotatable bonds is 4. The molecule has 1 aliphatic rings. The van der Waals surface area contributed by atoms with Gasteiger partial charge in [-0.1, -0.05) is 0 Å². The van der Waals surface area contributed by atoms with E-state index >= 15 is 0 Å². The molecule has 1 atom stereocenters. The SMILES string of the molecule is SCCCOC1CCCCO1. The Hall–Kier alpha value is 0.270. The van der Waals surface area contributed by atoms with Crippen LogP contribution in [0.3, 0.4) is 0 Å². The van der Waals surface area contributed by atoms with Crippen LogP contribution < -0.4 is 0 Å². The van der Waals surface area contributed by atoms with Crippen molar-refractivity contribution >= 4 is 12.6 Å². The Labute approximate surface area is 73.7 Å². The quantitative estimate of drug-likeness (QED) is 0.520. The molecule has 0 aromatic heterocycles. The summed E-state index contributed by atoms with van der Waals surface area (Å²) in [5.41, 5.74) is 0. The second-order valence-corrected chi connectivity index (χ2v) is 3.19. The lowest BCUT2D eigenvalue weighted by Gasteiger charge is -2.22. The predicted molar refractivity (Wildman–Crippen MR) is 48.0 cm³/mol. The maximum atomic E-state index is 5.45. The number of hydrogen-bond donors (Lipinski definition) is 1. The second-order valence-electron chi connectivity index (χ2n) is 2.74. The summed E-state index contributed by atoms with van der Waals surface area (Å²) in [6, 6.07) is 0. The summed E-state index contributed by atoms with van der Waals surface area (Å²) in [4.78, 5) is 0. The fraction of sp³-hybridized carbons (Fsp3) is 1.00. The van der Waals surface area contributed by atoms with Crippen LogP contribution in [-0.2, 0) is 9.47 Å². The largest absolute Gasteiger partial charge is 0.353 e. The third kappa shape index (κ3) is 3.99. The summed E-state index contributed by atoms with van der Waals surface area (Å²) in [5.74, 6) is 0.896. The summed E-state index contributed by atoms with van der Waals surface area (Å²) < 4.78 is 10.8. The van der Waals surface area contributed by atoms with Crippen molar-refractivity contribution in [2.45, 2.75) is 32.0 Å². The predicted octanol–water partition coefficient (Wildman–Crippen LogP) is 1.85. The van der Waals surface area contributed by atoms with Gasteiger partial charge in [0.15, 0.2) is 6.29 Å². The highest BCUT2D eigenvalue weighted by Crippen LogP contribution is 2.13. The second kappa shape index (κ2) is 5.86. The van der Waals surface area contributed by atoms with Crippen molar-refractivity contribution < 1.29 is 9.47 Å². The van der Waals surface area contributed by atoms with Gasteiger partial charge in [-0.25, -0.2) is 0 Å². The summed E-state index contributed by atoms with van der Waals surface area (Å²) in [6.45, 7) is 1.65. The van der Waals surface area contributed by atoms with Crippen molar-refractivity contribution in [2.75, 3.05) is 19.0 Å². The Morgan fingerprint density at radius 3 is 3.00 bits per heavy atom. The molecule has 11 heavy (non-hydrogen) atoms. The first-order chi connectivity index (χ1) is 5.43. The minimum Gasteiger partial charge on any atom is -0.353 e. The van der Waals surface area contributed by atoms with Gasteiger partial charge in [0.05, 0.1) is 6.61 Å². The molecule has 66 valence electrons. The smallest absolute Gasteiger partial charge is 0.157 e. The van der Waals surface area contributed by atoms with E-state index in [1.807, 2.05) is 0 Å². The van der Waals surface area contributed by atoms with Gasteiger partial charge < -0.3 is 9.47 Å². The summed E-state index contributed by atoms with van der Waals surface area (Å²) in [5, 5.41) is 0. The Bertz CT molecular complexity index is 92.1. The van der Waals surface area contributed by atoms with Gasteiger partial charge in [-0.3, -0.25) is 0 Å². The average Bonchev–Trinajstić information content (AvgIpc) is 2.07. The minimum absolute atomic E-state index is 0.0728. The molecule has 1 rings (SSSR count). The third-order valence-electron chi connectivity index (χ3n) is 1.74. The normalized spacial score (nSPS) is 25.4. The van der Waals surface area contributed by atoms with Crippen LogP contribution in [0.2, 0.25) is 0 Å². The van der Waals surface area contributed by atoms with Crippen LogP contribution in [0.15, 0.2) is 0 Å². The molecule has 0 aliphatic carbocycles. The highest BCUT2D eigenvalue weighted by Gasteiger charge is 2.12. The highest BCUT2D eigenvalue weighted by atomic mass is 32.1. The lowest BCUT2D eigenvalue weighted by atomic mass is 10.2. The number of ether oxygens (including phenoxy) is 2. The van der Waals surface area contributed by atoms with Crippen LogP contribution in [0.25, 0.3) is 0 Å². The molecule has 0 aromatic carbocycles. The van der Waals surface area contributed by atoms with Crippen molar-refractivity contribution in [3.05, 3.63) is 0 Å². The Balaban J connectivity index is 1.96. The van der Waals surface area contributed by atoms with Gasteiger partial charge in [-0.15, -0.1) is 0 Å². The Kier molecular flexibility index (Phi) is 4.99. The molecule has 1 unspecified atom stereocenters. The molecule has 0 N–H and O–H groups in total. The number of hydrogen-bond acceptors (Lipinski definition) is 3. The lowest BCUT2D eigenvalue weighted by molar-refractivity contribution is -0.162. The highest BCUT2D eigenvalue weighted by molar-refractivity contribution is 7.80. The van der Waals surface area contributed by atoms with Gasteiger partial charge >= 0.3 is 0 Å². The molecule has 0 radical (unpaired) electrons. The van der Waals surface area contributed by atoms with Gasteiger partial charge in [0.25, 0.3) is 0 Å². The fourth-order valence-corrected chi connectivity index (χ4v) is 1.25. The van der Waals surface area contributed by atoms with Crippen LogP contribution in [0, 0.1) is 0 Å². The average molecular weight is 176 g/mol. The third-order valence-corrected chi connectivity index (χ3v) is 2.06. The van der Waals surface area contributed by atoms with E-state index in [1.54, 1.807) is 0 Å². The molecule has 0 aromatic rings. The molecular weight excluding hydrogens is 160 g/mol. The summed E-state index contributed by atoms with van der Waals surface area (Å²) in [7, 11) is 0. The molecule has 1 saturated heterocycles. The molecule has 1 fully saturated rings. The molecule has 3 heteroatoms. The molecule has 0 amide bonds. The lowest BCUT2D eigenvalue weighted by Crippen LogP contribution is -2.22. The van der Waals surface area contributed by atoms with E-state index in [4.69, 9.17) is 9.47 Å². The van der Waals surface area contributed by atoms with E-state index in [1.165, 1.54) is 12.8 Å². The van der Waals surface area contributed by atoms with Crippen molar-refractivity contribution in [3.63, 3.8) is 0 Å². The van der Waals surface area contributed by atoms with E-state index < -0.39 is 0 Å². The standard InChI is InChI=1S/C8H16O2S/c11-7-3-6-10-8-4-1-2-5-9-8/h8,11H,1-7H2.